The predicted molar refractivity (Wildman–Crippen MR) is 59.9 cm³/mol. The van der Waals surface area contributed by atoms with Crippen molar-refractivity contribution in [1.29, 1.82) is 0 Å². The summed E-state index contributed by atoms with van der Waals surface area (Å²) < 4.78 is 0. The highest BCUT2D eigenvalue weighted by molar-refractivity contribution is 6.29. The molecule has 0 saturated carbocycles. The Balaban J connectivity index is 2.78. The summed E-state index contributed by atoms with van der Waals surface area (Å²) in [4.78, 5) is 11.0. The van der Waals surface area contributed by atoms with Gasteiger partial charge in [0.05, 0.1) is 0 Å². The van der Waals surface area contributed by atoms with Gasteiger partial charge in [0.15, 0.2) is 0 Å². The summed E-state index contributed by atoms with van der Waals surface area (Å²) in [7, 11) is 0. The minimum atomic E-state index is -0.174. The molecule has 3 heteroatoms. The highest BCUT2D eigenvalue weighted by Gasteiger charge is 2.02. The number of anilines is 1. The molecule has 0 aliphatic heterocycles. The third kappa shape index (κ3) is 3.04. The predicted octanol–water partition coefficient (Wildman–Crippen LogP) is 2.99. The van der Waals surface area contributed by atoms with Crippen LogP contribution in [0.1, 0.15) is 25.3 Å². The molecule has 0 radical (unpaired) electrons. The van der Waals surface area contributed by atoms with Gasteiger partial charge >= 0.3 is 0 Å². The van der Waals surface area contributed by atoms with E-state index in [9.17, 15) is 4.79 Å². The van der Waals surface area contributed by atoms with Crippen LogP contribution in [0.5, 0.6) is 0 Å². The lowest BCUT2D eigenvalue weighted by atomic mass is 10.0. The molecule has 0 unspecified atom stereocenters. The van der Waals surface area contributed by atoms with Gasteiger partial charge in [0, 0.05) is 5.69 Å². The minimum absolute atomic E-state index is 0.00803. The van der Waals surface area contributed by atoms with Gasteiger partial charge in [-0.15, -0.1) is 11.6 Å². The van der Waals surface area contributed by atoms with Gasteiger partial charge in [0.1, 0.15) is 5.88 Å². The number of carbonyl (C=O) groups excluding carboxylic acids is 1. The second kappa shape index (κ2) is 5.01. The molecule has 0 aromatic heterocycles. The minimum Gasteiger partial charge on any atom is -0.325 e. The van der Waals surface area contributed by atoms with Gasteiger partial charge in [-0.1, -0.05) is 26.0 Å². The Hall–Kier alpha value is -1.02. The van der Waals surface area contributed by atoms with Crippen molar-refractivity contribution in [2.24, 2.45) is 0 Å². The molecule has 1 aromatic carbocycles. The summed E-state index contributed by atoms with van der Waals surface area (Å²) >= 11 is 5.39. The van der Waals surface area contributed by atoms with E-state index in [0.717, 1.165) is 5.69 Å². The molecule has 1 aromatic rings. The van der Waals surface area contributed by atoms with E-state index in [1.54, 1.807) is 0 Å². The molecule has 0 aliphatic rings. The van der Waals surface area contributed by atoms with Crippen LogP contribution >= 0.6 is 11.6 Å². The number of alkyl halides is 1. The van der Waals surface area contributed by atoms with E-state index in [1.165, 1.54) is 5.56 Å². The van der Waals surface area contributed by atoms with Gasteiger partial charge in [0.2, 0.25) is 5.91 Å². The molecule has 1 rings (SSSR count). The van der Waals surface area contributed by atoms with Crippen LogP contribution in [0.15, 0.2) is 24.3 Å². The normalized spacial score (nSPS) is 10.3. The molecule has 0 spiro atoms. The quantitative estimate of drug-likeness (QED) is 0.766. The van der Waals surface area contributed by atoms with Crippen LogP contribution in [-0.2, 0) is 4.79 Å². The van der Waals surface area contributed by atoms with Crippen LogP contribution in [0, 0.1) is 0 Å². The SMILES string of the molecule is CC(C)c1cccc(NC(=O)CCl)c1. The highest BCUT2D eigenvalue weighted by Crippen LogP contribution is 2.18. The molecule has 14 heavy (non-hydrogen) atoms. The third-order valence-corrected chi connectivity index (χ3v) is 2.20. The van der Waals surface area contributed by atoms with Gasteiger partial charge in [-0.2, -0.15) is 0 Å². The van der Waals surface area contributed by atoms with Crippen LogP contribution in [0.25, 0.3) is 0 Å². The number of rotatable bonds is 3. The molecular weight excluding hydrogens is 198 g/mol. The second-order valence-corrected chi connectivity index (χ2v) is 3.73. The largest absolute Gasteiger partial charge is 0.325 e. The van der Waals surface area contributed by atoms with Gasteiger partial charge in [-0.3, -0.25) is 4.79 Å². The summed E-state index contributed by atoms with van der Waals surface area (Å²) in [6, 6.07) is 7.80. The lowest BCUT2D eigenvalue weighted by Crippen LogP contribution is -2.12. The zero-order valence-corrected chi connectivity index (χ0v) is 9.14. The van der Waals surface area contributed by atoms with E-state index < -0.39 is 0 Å². The molecule has 2 nitrogen and oxygen atoms in total. The first kappa shape index (κ1) is 11.1. The first-order valence-electron chi connectivity index (χ1n) is 4.59. The molecule has 0 aliphatic carbocycles. The number of hydrogen-bond acceptors (Lipinski definition) is 1. The first-order valence-corrected chi connectivity index (χ1v) is 5.12. The number of amides is 1. The average molecular weight is 212 g/mol. The zero-order chi connectivity index (χ0) is 10.6. The Labute approximate surface area is 89.3 Å². The highest BCUT2D eigenvalue weighted by atomic mass is 35.5. The van der Waals surface area contributed by atoms with Crippen molar-refractivity contribution in [2.75, 3.05) is 11.2 Å². The molecular formula is C11H14ClNO. The van der Waals surface area contributed by atoms with E-state index >= 15 is 0 Å². The standard InChI is InChI=1S/C11H14ClNO/c1-8(2)9-4-3-5-10(6-9)13-11(14)7-12/h3-6,8H,7H2,1-2H3,(H,13,14). The number of benzene rings is 1. The molecule has 0 bridgehead atoms. The number of carbonyl (C=O) groups is 1. The van der Waals surface area contributed by atoms with Gasteiger partial charge in [-0.05, 0) is 23.6 Å². The Morgan fingerprint density at radius 3 is 2.79 bits per heavy atom. The molecule has 0 fully saturated rings. The molecule has 0 atom stereocenters. The molecule has 1 amide bonds. The topological polar surface area (TPSA) is 29.1 Å². The smallest absolute Gasteiger partial charge is 0.239 e. The van der Waals surface area contributed by atoms with E-state index in [-0.39, 0.29) is 11.8 Å². The van der Waals surface area contributed by atoms with Crippen molar-refractivity contribution < 1.29 is 4.79 Å². The summed E-state index contributed by atoms with van der Waals surface area (Å²) in [6.45, 7) is 4.23. The first-order chi connectivity index (χ1) is 6.63. The van der Waals surface area contributed by atoms with E-state index in [1.807, 2.05) is 24.3 Å². The summed E-state index contributed by atoms with van der Waals surface area (Å²) in [5.41, 5.74) is 2.01. The molecule has 1 N–H and O–H groups in total. The molecule has 0 saturated heterocycles. The Morgan fingerprint density at radius 2 is 2.21 bits per heavy atom. The van der Waals surface area contributed by atoms with Crippen molar-refractivity contribution >= 4 is 23.2 Å². The zero-order valence-electron chi connectivity index (χ0n) is 8.38. The van der Waals surface area contributed by atoms with Crippen LogP contribution in [-0.4, -0.2) is 11.8 Å². The molecule has 76 valence electrons. The number of nitrogens with one attached hydrogen (secondary N) is 1. The Kier molecular flexibility index (Phi) is 3.96. The van der Waals surface area contributed by atoms with Crippen molar-refractivity contribution in [1.82, 2.24) is 0 Å². The molecule has 0 heterocycles. The van der Waals surface area contributed by atoms with Crippen LogP contribution in [0.2, 0.25) is 0 Å². The maximum atomic E-state index is 11.0. The van der Waals surface area contributed by atoms with Crippen LogP contribution in [0.4, 0.5) is 5.69 Å². The lowest BCUT2D eigenvalue weighted by molar-refractivity contribution is -0.113. The van der Waals surface area contributed by atoms with Crippen molar-refractivity contribution in [3.05, 3.63) is 29.8 Å². The van der Waals surface area contributed by atoms with Crippen molar-refractivity contribution in [3.8, 4) is 0 Å². The summed E-state index contributed by atoms with van der Waals surface area (Å²) in [5.74, 6) is 0.279. The van der Waals surface area contributed by atoms with Gasteiger partial charge < -0.3 is 5.32 Å². The Bertz CT molecular complexity index is 323. The van der Waals surface area contributed by atoms with Gasteiger partial charge in [0.25, 0.3) is 0 Å². The third-order valence-electron chi connectivity index (χ3n) is 1.96. The van der Waals surface area contributed by atoms with Crippen LogP contribution in [0.3, 0.4) is 0 Å². The van der Waals surface area contributed by atoms with Gasteiger partial charge in [-0.25, -0.2) is 0 Å². The monoisotopic (exact) mass is 211 g/mol. The average Bonchev–Trinajstić information content (AvgIpc) is 2.18. The van der Waals surface area contributed by atoms with Crippen molar-refractivity contribution in [3.63, 3.8) is 0 Å². The van der Waals surface area contributed by atoms with E-state index in [0.29, 0.717) is 5.92 Å². The fourth-order valence-corrected chi connectivity index (χ4v) is 1.24. The summed E-state index contributed by atoms with van der Waals surface area (Å²) in [6.07, 6.45) is 0. The number of halogens is 1. The maximum Gasteiger partial charge on any atom is 0.239 e. The lowest BCUT2D eigenvalue weighted by Gasteiger charge is -2.08. The fraction of sp³-hybridized carbons (Fsp3) is 0.364. The van der Waals surface area contributed by atoms with Crippen LogP contribution < -0.4 is 5.32 Å². The maximum absolute atomic E-state index is 11.0. The van der Waals surface area contributed by atoms with Crippen molar-refractivity contribution in [2.45, 2.75) is 19.8 Å². The fourth-order valence-electron chi connectivity index (χ4n) is 1.17. The number of hydrogen-bond donors (Lipinski definition) is 1. The second-order valence-electron chi connectivity index (χ2n) is 3.46. The van der Waals surface area contributed by atoms with E-state index in [4.69, 9.17) is 11.6 Å². The Morgan fingerprint density at radius 1 is 1.50 bits per heavy atom. The summed E-state index contributed by atoms with van der Waals surface area (Å²) in [5, 5.41) is 2.72. The van der Waals surface area contributed by atoms with E-state index in [2.05, 4.69) is 19.2 Å².